The molecule has 0 aliphatic carbocycles. The van der Waals surface area contributed by atoms with Gasteiger partial charge in [-0.25, -0.2) is 18.7 Å². The summed E-state index contributed by atoms with van der Waals surface area (Å²) in [7, 11) is 0. The number of anilines is 1. The number of hydrogen-bond acceptors (Lipinski definition) is 4. The molecule has 0 spiro atoms. The Balaban J connectivity index is 1.91. The largest absolute Gasteiger partial charge is 0.365 e. The molecule has 0 bridgehead atoms. The van der Waals surface area contributed by atoms with Crippen molar-refractivity contribution >= 4 is 16.7 Å². The summed E-state index contributed by atoms with van der Waals surface area (Å²) in [6.45, 7) is 6.11. The summed E-state index contributed by atoms with van der Waals surface area (Å²) < 4.78 is 27.6. The number of nitrogens with one attached hydrogen (secondary N) is 1. The minimum Gasteiger partial charge on any atom is -0.365 e. The monoisotopic (exact) mass is 390 g/mol. The van der Waals surface area contributed by atoms with Gasteiger partial charge >= 0.3 is 0 Å². The molecule has 2 aromatic heterocycles. The number of fused-ring (bicyclic) bond motifs is 1. The molecule has 1 N–H and O–H groups in total. The van der Waals surface area contributed by atoms with Gasteiger partial charge in [-0.15, -0.1) is 0 Å². The average molecular weight is 390 g/mol. The Hall–Kier alpha value is -3.41. The van der Waals surface area contributed by atoms with Crippen molar-refractivity contribution in [2.45, 2.75) is 26.3 Å². The molecule has 0 unspecified atom stereocenters. The molecule has 0 aliphatic heterocycles. The molecule has 6 heteroatoms. The van der Waals surface area contributed by atoms with Gasteiger partial charge in [-0.05, 0) is 62.7 Å². The Morgan fingerprint density at radius 2 is 1.72 bits per heavy atom. The van der Waals surface area contributed by atoms with Crippen LogP contribution in [0.2, 0.25) is 0 Å². The van der Waals surface area contributed by atoms with Crippen LogP contribution in [0.4, 0.5) is 14.6 Å². The molecule has 2 aromatic carbocycles. The molecule has 4 rings (SSSR count). The highest BCUT2D eigenvalue weighted by atomic mass is 19.1. The lowest BCUT2D eigenvalue weighted by atomic mass is 10.0. The number of nitrogens with zero attached hydrogens (tertiary/aromatic N) is 3. The van der Waals surface area contributed by atoms with Crippen LogP contribution in [-0.4, -0.2) is 20.5 Å². The number of rotatable bonds is 3. The highest BCUT2D eigenvalue weighted by Gasteiger charge is 2.17. The van der Waals surface area contributed by atoms with Gasteiger partial charge in [0.2, 0.25) is 0 Å². The van der Waals surface area contributed by atoms with Crippen LogP contribution in [0.15, 0.2) is 60.9 Å². The minimum atomic E-state index is -0.609. The number of pyridine rings is 1. The first-order valence-electron chi connectivity index (χ1n) is 9.26. The number of halogens is 2. The predicted octanol–water partition coefficient (Wildman–Crippen LogP) is 5.85. The standard InChI is InChI=1S/C23H20F2N4/c1-23(2,3)29-22-18-11-14(17-8-7-16(24)12-19(17)25)6-9-20(18)27-21(28-22)15-5-4-10-26-13-15/h4-13H,1-3H3,(H,27,28,29). The van der Waals surface area contributed by atoms with Crippen molar-refractivity contribution in [1.82, 2.24) is 15.0 Å². The second kappa shape index (κ2) is 7.20. The zero-order valence-corrected chi connectivity index (χ0v) is 16.4. The van der Waals surface area contributed by atoms with Gasteiger partial charge in [-0.2, -0.15) is 0 Å². The van der Waals surface area contributed by atoms with E-state index in [2.05, 4.69) is 15.3 Å². The summed E-state index contributed by atoms with van der Waals surface area (Å²) in [5, 5.41) is 4.17. The first-order valence-corrected chi connectivity index (χ1v) is 9.26. The molecule has 0 aliphatic rings. The normalized spacial score (nSPS) is 11.6. The number of hydrogen-bond donors (Lipinski definition) is 1. The van der Waals surface area contributed by atoms with Crippen molar-refractivity contribution in [3.8, 4) is 22.5 Å². The molecular formula is C23H20F2N4. The van der Waals surface area contributed by atoms with Crippen molar-refractivity contribution in [1.29, 1.82) is 0 Å². The third-order valence-electron chi connectivity index (χ3n) is 4.35. The first kappa shape index (κ1) is 18.9. The summed E-state index contributed by atoms with van der Waals surface area (Å²) in [6, 6.07) is 12.7. The Labute approximate surface area is 167 Å². The predicted molar refractivity (Wildman–Crippen MR) is 111 cm³/mol. The molecule has 146 valence electrons. The summed E-state index contributed by atoms with van der Waals surface area (Å²) >= 11 is 0. The van der Waals surface area contributed by atoms with E-state index in [4.69, 9.17) is 4.98 Å². The van der Waals surface area contributed by atoms with E-state index in [1.165, 1.54) is 12.1 Å². The SMILES string of the molecule is CC(C)(C)Nc1nc(-c2cccnc2)nc2ccc(-c3ccc(F)cc3F)cc12. The lowest BCUT2D eigenvalue weighted by Gasteiger charge is -2.23. The van der Waals surface area contributed by atoms with E-state index in [0.717, 1.165) is 22.5 Å². The highest BCUT2D eigenvalue weighted by Crippen LogP contribution is 2.32. The van der Waals surface area contributed by atoms with E-state index in [1.54, 1.807) is 18.5 Å². The van der Waals surface area contributed by atoms with Crippen LogP contribution in [0.3, 0.4) is 0 Å². The topological polar surface area (TPSA) is 50.7 Å². The smallest absolute Gasteiger partial charge is 0.163 e. The zero-order valence-electron chi connectivity index (χ0n) is 16.4. The maximum Gasteiger partial charge on any atom is 0.163 e. The molecule has 0 radical (unpaired) electrons. The van der Waals surface area contributed by atoms with Crippen molar-refractivity contribution in [3.05, 3.63) is 72.6 Å². The van der Waals surface area contributed by atoms with Crippen LogP contribution in [0.25, 0.3) is 33.4 Å². The fraction of sp³-hybridized carbons (Fsp3) is 0.174. The second-order valence-corrected chi connectivity index (χ2v) is 7.87. The fourth-order valence-corrected chi connectivity index (χ4v) is 3.09. The lowest BCUT2D eigenvalue weighted by molar-refractivity contribution is 0.585. The molecule has 4 nitrogen and oxygen atoms in total. The molecular weight excluding hydrogens is 370 g/mol. The van der Waals surface area contributed by atoms with E-state index in [0.29, 0.717) is 22.8 Å². The summed E-state index contributed by atoms with van der Waals surface area (Å²) in [6.07, 6.45) is 3.41. The second-order valence-electron chi connectivity index (χ2n) is 7.87. The van der Waals surface area contributed by atoms with Crippen LogP contribution in [-0.2, 0) is 0 Å². The number of aromatic nitrogens is 3. The van der Waals surface area contributed by atoms with Gasteiger partial charge in [0, 0.05) is 40.5 Å². The number of benzene rings is 2. The Bertz CT molecular complexity index is 1180. The lowest BCUT2D eigenvalue weighted by Crippen LogP contribution is -2.27. The highest BCUT2D eigenvalue weighted by molar-refractivity contribution is 5.94. The van der Waals surface area contributed by atoms with Gasteiger partial charge in [-0.1, -0.05) is 6.07 Å². The van der Waals surface area contributed by atoms with Gasteiger partial charge in [0.15, 0.2) is 5.82 Å². The van der Waals surface area contributed by atoms with Crippen molar-refractivity contribution in [2.24, 2.45) is 0 Å². The molecule has 4 aromatic rings. The van der Waals surface area contributed by atoms with Crippen LogP contribution >= 0.6 is 0 Å². The van der Waals surface area contributed by atoms with Crippen LogP contribution in [0.1, 0.15) is 20.8 Å². The fourth-order valence-electron chi connectivity index (χ4n) is 3.09. The van der Waals surface area contributed by atoms with Gasteiger partial charge < -0.3 is 5.32 Å². The Morgan fingerprint density at radius 3 is 2.41 bits per heavy atom. The van der Waals surface area contributed by atoms with Crippen molar-refractivity contribution in [3.63, 3.8) is 0 Å². The molecule has 0 atom stereocenters. The molecule has 0 fully saturated rings. The molecule has 0 amide bonds. The Morgan fingerprint density at radius 1 is 0.897 bits per heavy atom. The van der Waals surface area contributed by atoms with Gasteiger partial charge in [0.05, 0.1) is 5.52 Å². The first-order chi connectivity index (χ1) is 13.8. The Kier molecular flexibility index (Phi) is 4.70. The summed E-state index contributed by atoms with van der Waals surface area (Å²) in [4.78, 5) is 13.5. The molecule has 29 heavy (non-hydrogen) atoms. The maximum absolute atomic E-state index is 14.3. The quantitative estimate of drug-likeness (QED) is 0.477. The van der Waals surface area contributed by atoms with Crippen molar-refractivity contribution < 1.29 is 8.78 Å². The maximum atomic E-state index is 14.3. The van der Waals surface area contributed by atoms with E-state index >= 15 is 0 Å². The minimum absolute atomic E-state index is 0.245. The van der Waals surface area contributed by atoms with Gasteiger partial charge in [0.25, 0.3) is 0 Å². The average Bonchev–Trinajstić information content (AvgIpc) is 2.67. The van der Waals surface area contributed by atoms with Crippen molar-refractivity contribution in [2.75, 3.05) is 5.32 Å². The van der Waals surface area contributed by atoms with E-state index in [1.807, 2.05) is 45.0 Å². The van der Waals surface area contributed by atoms with Gasteiger partial charge in [0.1, 0.15) is 17.5 Å². The van der Waals surface area contributed by atoms with E-state index in [9.17, 15) is 8.78 Å². The zero-order chi connectivity index (χ0) is 20.6. The third kappa shape index (κ3) is 4.06. The van der Waals surface area contributed by atoms with Crippen LogP contribution in [0, 0.1) is 11.6 Å². The van der Waals surface area contributed by atoms with Gasteiger partial charge in [-0.3, -0.25) is 4.98 Å². The molecule has 0 saturated carbocycles. The molecule has 2 heterocycles. The summed E-state index contributed by atoms with van der Waals surface area (Å²) in [5.74, 6) is -0.0158. The van der Waals surface area contributed by atoms with E-state index in [-0.39, 0.29) is 5.54 Å². The third-order valence-corrected chi connectivity index (χ3v) is 4.35. The van der Waals surface area contributed by atoms with Crippen LogP contribution < -0.4 is 5.32 Å². The summed E-state index contributed by atoms with van der Waals surface area (Å²) in [5.41, 5.74) is 2.23. The van der Waals surface area contributed by atoms with E-state index < -0.39 is 11.6 Å². The van der Waals surface area contributed by atoms with Crippen LogP contribution in [0.5, 0.6) is 0 Å². The molecule has 0 saturated heterocycles.